The summed E-state index contributed by atoms with van der Waals surface area (Å²) in [6, 6.07) is 2.72. The van der Waals surface area contributed by atoms with E-state index in [-0.39, 0.29) is 17.8 Å². The Labute approximate surface area is 52.6 Å². The minimum atomic E-state index is -0.0220. The van der Waals surface area contributed by atoms with Crippen molar-refractivity contribution in [3.8, 4) is 0 Å². The van der Waals surface area contributed by atoms with E-state index in [2.05, 4.69) is 4.42 Å². The summed E-state index contributed by atoms with van der Waals surface area (Å²) in [5.74, 6) is 0. The van der Waals surface area contributed by atoms with E-state index in [9.17, 15) is 4.79 Å². The summed E-state index contributed by atoms with van der Waals surface area (Å²) in [4.78, 5) is 10.2. The van der Waals surface area contributed by atoms with E-state index in [0.29, 0.717) is 0 Å². The van der Waals surface area contributed by atoms with Crippen molar-refractivity contribution in [1.29, 1.82) is 0 Å². The molecule has 2 nitrogen and oxygen atoms in total. The van der Waals surface area contributed by atoms with Crippen LogP contribution in [-0.4, -0.2) is 0 Å². The van der Waals surface area contributed by atoms with E-state index in [4.69, 9.17) is 0 Å². The molecule has 1 heterocycles. The van der Waals surface area contributed by atoms with Gasteiger partial charge in [0.2, 0.25) is 0 Å². The maximum absolute atomic E-state index is 10.2. The number of rotatable bonds is 0. The molecule has 0 amide bonds. The van der Waals surface area contributed by atoms with Crippen LogP contribution < -0.4 is 5.43 Å². The molecule has 0 aromatic carbocycles. The highest BCUT2D eigenvalue weighted by Crippen LogP contribution is 1.72. The molecular formula is C5H5ClO2. The van der Waals surface area contributed by atoms with E-state index in [1.807, 2.05) is 0 Å². The van der Waals surface area contributed by atoms with Gasteiger partial charge in [0.1, 0.15) is 0 Å². The summed E-state index contributed by atoms with van der Waals surface area (Å²) in [6.07, 6.45) is 2.70. The van der Waals surface area contributed by atoms with Gasteiger partial charge in [0.15, 0.2) is 5.43 Å². The Hall–Kier alpha value is -0.760. The molecule has 0 fully saturated rings. The highest BCUT2D eigenvalue weighted by Gasteiger charge is 1.72. The standard InChI is InChI=1S/C5H4O2.ClH/c6-5-1-3-7-4-2-5;/h1-4H;1H. The first-order chi connectivity index (χ1) is 3.39. The third-order valence-corrected chi connectivity index (χ3v) is 0.622. The number of hydrogen-bond acceptors (Lipinski definition) is 2. The van der Waals surface area contributed by atoms with Crippen LogP contribution in [0.5, 0.6) is 0 Å². The van der Waals surface area contributed by atoms with Gasteiger partial charge in [-0.15, -0.1) is 12.4 Å². The van der Waals surface area contributed by atoms with Crippen LogP contribution in [0.3, 0.4) is 0 Å². The predicted octanol–water partition coefficient (Wildman–Crippen LogP) is 1.06. The fourth-order valence-electron chi connectivity index (χ4n) is 0.314. The largest absolute Gasteiger partial charge is 0.472 e. The molecule has 0 radical (unpaired) electrons. The second-order valence-electron chi connectivity index (χ2n) is 1.14. The van der Waals surface area contributed by atoms with Crippen LogP contribution in [0, 0.1) is 0 Å². The minimum Gasteiger partial charge on any atom is -0.472 e. The second kappa shape index (κ2) is 3.27. The SMILES string of the molecule is Cl.O=c1ccocc1. The third-order valence-electron chi connectivity index (χ3n) is 0.622. The molecule has 1 aromatic rings. The van der Waals surface area contributed by atoms with Gasteiger partial charge in [-0.3, -0.25) is 4.79 Å². The van der Waals surface area contributed by atoms with Crippen LogP contribution in [-0.2, 0) is 0 Å². The Balaban J connectivity index is 0.000000490. The van der Waals surface area contributed by atoms with Gasteiger partial charge < -0.3 is 4.42 Å². The molecule has 0 unspecified atom stereocenters. The van der Waals surface area contributed by atoms with Crippen molar-refractivity contribution in [3.05, 3.63) is 34.9 Å². The molecule has 0 aliphatic heterocycles. The molecule has 1 rings (SSSR count). The molecular weight excluding hydrogens is 128 g/mol. The van der Waals surface area contributed by atoms with Gasteiger partial charge in [0.25, 0.3) is 0 Å². The molecule has 0 aliphatic carbocycles. The van der Waals surface area contributed by atoms with E-state index in [1.54, 1.807) is 0 Å². The molecule has 0 aliphatic rings. The van der Waals surface area contributed by atoms with Crippen molar-refractivity contribution in [2.24, 2.45) is 0 Å². The molecule has 0 atom stereocenters. The van der Waals surface area contributed by atoms with Crippen LogP contribution in [0.4, 0.5) is 0 Å². The maximum atomic E-state index is 10.2. The Bertz CT molecular complexity index is 176. The van der Waals surface area contributed by atoms with Gasteiger partial charge in [-0.05, 0) is 0 Å². The first-order valence-corrected chi connectivity index (χ1v) is 1.92. The molecule has 44 valence electrons. The van der Waals surface area contributed by atoms with E-state index in [0.717, 1.165) is 0 Å². The Morgan fingerprint density at radius 3 is 2.00 bits per heavy atom. The summed E-state index contributed by atoms with van der Waals surface area (Å²) >= 11 is 0. The fraction of sp³-hybridized carbons (Fsp3) is 0. The minimum absolute atomic E-state index is 0. The topological polar surface area (TPSA) is 30.2 Å². The highest BCUT2D eigenvalue weighted by atomic mass is 35.5. The molecule has 0 bridgehead atoms. The summed E-state index contributed by atoms with van der Waals surface area (Å²) in [6.45, 7) is 0. The van der Waals surface area contributed by atoms with E-state index in [1.165, 1.54) is 24.7 Å². The van der Waals surface area contributed by atoms with Crippen LogP contribution in [0.1, 0.15) is 0 Å². The van der Waals surface area contributed by atoms with Gasteiger partial charge in [-0.1, -0.05) is 0 Å². The van der Waals surface area contributed by atoms with Gasteiger partial charge in [0, 0.05) is 12.1 Å². The van der Waals surface area contributed by atoms with Crippen molar-refractivity contribution in [1.82, 2.24) is 0 Å². The van der Waals surface area contributed by atoms with Crippen LogP contribution in [0.15, 0.2) is 33.9 Å². The monoisotopic (exact) mass is 132 g/mol. The zero-order valence-corrected chi connectivity index (χ0v) is 4.85. The molecule has 0 spiro atoms. The zero-order valence-electron chi connectivity index (χ0n) is 4.03. The highest BCUT2D eigenvalue weighted by molar-refractivity contribution is 5.85. The lowest BCUT2D eigenvalue weighted by Crippen LogP contribution is -1.90. The van der Waals surface area contributed by atoms with Crippen molar-refractivity contribution in [2.45, 2.75) is 0 Å². The van der Waals surface area contributed by atoms with Gasteiger partial charge in [-0.25, -0.2) is 0 Å². The first-order valence-electron chi connectivity index (χ1n) is 1.92. The quantitative estimate of drug-likeness (QED) is 0.529. The summed E-state index contributed by atoms with van der Waals surface area (Å²) < 4.78 is 4.56. The maximum Gasteiger partial charge on any atom is 0.184 e. The van der Waals surface area contributed by atoms with Crippen LogP contribution in [0.2, 0.25) is 0 Å². The Morgan fingerprint density at radius 1 is 1.25 bits per heavy atom. The number of halogens is 1. The lowest BCUT2D eigenvalue weighted by atomic mass is 10.5. The van der Waals surface area contributed by atoms with Crippen LogP contribution >= 0.6 is 12.4 Å². The van der Waals surface area contributed by atoms with Gasteiger partial charge in [-0.2, -0.15) is 0 Å². The molecule has 0 saturated carbocycles. The number of hydrogen-bond donors (Lipinski definition) is 0. The smallest absolute Gasteiger partial charge is 0.184 e. The van der Waals surface area contributed by atoms with Crippen LogP contribution in [0.25, 0.3) is 0 Å². The molecule has 8 heavy (non-hydrogen) atoms. The van der Waals surface area contributed by atoms with Gasteiger partial charge in [0.05, 0.1) is 12.5 Å². The van der Waals surface area contributed by atoms with Crippen molar-refractivity contribution in [3.63, 3.8) is 0 Å². The Morgan fingerprint density at radius 2 is 1.75 bits per heavy atom. The molecule has 0 N–H and O–H groups in total. The fourth-order valence-corrected chi connectivity index (χ4v) is 0.314. The van der Waals surface area contributed by atoms with Crippen molar-refractivity contribution in [2.75, 3.05) is 0 Å². The molecule has 1 aromatic heterocycles. The first kappa shape index (κ1) is 7.24. The van der Waals surface area contributed by atoms with Gasteiger partial charge >= 0.3 is 0 Å². The van der Waals surface area contributed by atoms with Crippen molar-refractivity contribution < 1.29 is 4.42 Å². The molecule has 3 heteroatoms. The molecule has 0 saturated heterocycles. The predicted molar refractivity (Wildman–Crippen MR) is 32.2 cm³/mol. The second-order valence-corrected chi connectivity index (χ2v) is 1.14. The lowest BCUT2D eigenvalue weighted by Gasteiger charge is -1.72. The average Bonchev–Trinajstić information content (AvgIpc) is 1.69. The third kappa shape index (κ3) is 1.80. The summed E-state index contributed by atoms with van der Waals surface area (Å²) in [5.41, 5.74) is -0.0220. The van der Waals surface area contributed by atoms with E-state index < -0.39 is 0 Å². The lowest BCUT2D eigenvalue weighted by molar-refractivity contribution is 0.548. The Kier molecular flexibility index (Phi) is 2.96. The zero-order chi connectivity index (χ0) is 5.11. The average molecular weight is 133 g/mol. The van der Waals surface area contributed by atoms with E-state index >= 15 is 0 Å². The van der Waals surface area contributed by atoms with Crippen molar-refractivity contribution >= 4 is 12.4 Å². The summed E-state index contributed by atoms with van der Waals surface area (Å²) in [5, 5.41) is 0. The summed E-state index contributed by atoms with van der Waals surface area (Å²) in [7, 11) is 0. The normalized spacial score (nSPS) is 7.50.